The molecule has 0 unspecified atom stereocenters. The van der Waals surface area contributed by atoms with E-state index in [1.807, 2.05) is 0 Å². The van der Waals surface area contributed by atoms with Crippen LogP contribution in [-0.4, -0.2) is 30.5 Å². The summed E-state index contributed by atoms with van der Waals surface area (Å²) in [6, 6.07) is 0. The van der Waals surface area contributed by atoms with Gasteiger partial charge in [-0.2, -0.15) is 0 Å². The molecule has 0 atom stereocenters. The van der Waals surface area contributed by atoms with E-state index in [1.165, 1.54) is 25.7 Å². The molecule has 0 aliphatic rings. The Balaban J connectivity index is -0.0000000120. The third-order valence-corrected chi connectivity index (χ3v) is 1.10. The van der Waals surface area contributed by atoms with E-state index in [1.54, 1.807) is 0 Å². The van der Waals surface area contributed by atoms with Crippen LogP contribution in [0.4, 0.5) is 0 Å². The summed E-state index contributed by atoms with van der Waals surface area (Å²) in [6.45, 7) is 3.34. The van der Waals surface area contributed by atoms with Crippen LogP contribution >= 0.6 is 0 Å². The molecule has 0 spiro atoms. The van der Waals surface area contributed by atoms with Crippen LogP contribution < -0.4 is 126 Å². The first-order valence-electron chi connectivity index (χ1n) is 3.21. The van der Waals surface area contributed by atoms with E-state index in [0.29, 0.717) is 0 Å². The summed E-state index contributed by atoms with van der Waals surface area (Å²) < 4.78 is 0. The molecule has 7 heteroatoms. The number of halogens is 5. The molecule has 0 amide bonds. The second kappa shape index (κ2) is 44.0. The third-order valence-electron chi connectivity index (χ3n) is 1.10. The molecule has 0 aromatic rings. The Kier molecular flexibility index (Phi) is 146. The first kappa shape index (κ1) is 43.3. The van der Waals surface area contributed by atoms with Gasteiger partial charge in [-0.05, 0) is 12.8 Å². The van der Waals surface area contributed by atoms with Crippen molar-refractivity contribution in [1.29, 1.82) is 0 Å². The summed E-state index contributed by atoms with van der Waals surface area (Å²) in [4.78, 5) is 0. The van der Waals surface area contributed by atoms with Crippen molar-refractivity contribution in [3.63, 3.8) is 0 Å². The van der Waals surface area contributed by atoms with E-state index in [9.17, 15) is 0 Å². The van der Waals surface area contributed by atoms with Gasteiger partial charge in [-0.3, -0.25) is 0 Å². The maximum atomic E-state index is 3.76. The van der Waals surface area contributed by atoms with Gasteiger partial charge in [0.15, 0.2) is 0 Å². The molecule has 0 aliphatic heterocycles. The van der Waals surface area contributed by atoms with E-state index in [2.05, 4.69) is 12.7 Å². The number of hydrogen-bond acceptors (Lipinski definition) is 0. The molecule has 0 bridgehead atoms. The molecule has 0 fully saturated rings. The summed E-state index contributed by atoms with van der Waals surface area (Å²) in [5.74, 6) is 0. The van der Waals surface area contributed by atoms with Crippen LogP contribution in [0.2, 0.25) is 0 Å². The third kappa shape index (κ3) is 48.2. The summed E-state index contributed by atoms with van der Waals surface area (Å²) >= 11 is 0. The van der Waals surface area contributed by atoms with Crippen molar-refractivity contribution >= 4 is 23.9 Å². The first-order valence-corrected chi connectivity index (χ1v) is 3.21. The molecule has 0 saturated carbocycles. The first-order chi connectivity index (χ1) is 3.41. The van der Waals surface area contributed by atoms with Crippen molar-refractivity contribution in [1.82, 2.24) is 0 Å². The molecule has 1 nitrogen and oxygen atoms in total. The van der Waals surface area contributed by atoms with Crippen LogP contribution in [0.15, 0.2) is 0 Å². The smallest absolute Gasteiger partial charge is 1.00 e. The van der Waals surface area contributed by atoms with Gasteiger partial charge in [0, 0.05) is 0 Å². The monoisotopic (exact) mass is 857 g/mol. The summed E-state index contributed by atoms with van der Waals surface area (Å²) in [6.07, 6.45) is 5.41. The average molecular weight is 855 g/mol. The van der Waals surface area contributed by atoms with E-state index >= 15 is 0 Å². The zero-order valence-electron chi connectivity index (χ0n) is 7.63. The number of unbranched alkanes of at least 4 members (excludes halogenated alkanes) is 3. The Morgan fingerprint density at radius 2 is 1.15 bits per heavy atom. The molecular formula is C6H16I5NSn. The number of hydrogen-bond donors (Lipinski definition) is 1. The van der Waals surface area contributed by atoms with E-state index < -0.39 is 0 Å². The van der Waals surface area contributed by atoms with Crippen LogP contribution in [-0.2, 0) is 0 Å². The quantitative estimate of drug-likeness (QED) is 0.166. The summed E-state index contributed by atoms with van der Waals surface area (Å²) in [5, 5.41) is 0. The molecule has 0 radical (unpaired) electrons. The zero-order chi connectivity index (χ0) is 5.54. The van der Waals surface area contributed by atoms with Crippen molar-refractivity contribution in [2.45, 2.75) is 32.6 Å². The zero-order valence-corrected chi connectivity index (χ0v) is 21.3. The Labute approximate surface area is 185 Å². The Hall–Kier alpha value is 4.41. The van der Waals surface area contributed by atoms with Crippen molar-refractivity contribution in [3.05, 3.63) is 0 Å². The molecule has 0 heterocycles. The van der Waals surface area contributed by atoms with E-state index in [4.69, 9.17) is 0 Å². The van der Waals surface area contributed by atoms with Crippen molar-refractivity contribution in [2.24, 2.45) is 0 Å². The molecular weight excluding hydrogens is 839 g/mol. The molecule has 13 heavy (non-hydrogen) atoms. The molecule has 0 saturated heterocycles. The van der Waals surface area contributed by atoms with Gasteiger partial charge in [-0.15, -0.1) is 0 Å². The van der Waals surface area contributed by atoms with Gasteiger partial charge < -0.3 is 126 Å². The Morgan fingerprint density at radius 1 is 0.769 bits per heavy atom. The van der Waals surface area contributed by atoms with Crippen LogP contribution in [0.25, 0.3) is 0 Å². The fraction of sp³-hybridized carbons (Fsp3) is 1.00. The molecule has 0 aliphatic carbocycles. The molecule has 0 rings (SSSR count). The van der Waals surface area contributed by atoms with Gasteiger partial charge in [0.25, 0.3) is 0 Å². The molecule has 0 aromatic carbocycles. The minimum atomic E-state index is 0. The second-order valence-corrected chi connectivity index (χ2v) is 1.91. The Morgan fingerprint density at radius 3 is 1.38 bits per heavy atom. The second-order valence-electron chi connectivity index (χ2n) is 1.91. The van der Waals surface area contributed by atoms with Crippen LogP contribution in [0.3, 0.4) is 0 Å². The maximum Gasteiger partial charge on any atom is 4.00 e. The maximum absolute atomic E-state index is 3.76. The largest absolute Gasteiger partial charge is 4.00 e. The van der Waals surface area contributed by atoms with Crippen molar-refractivity contribution in [2.75, 3.05) is 6.54 Å². The van der Waals surface area contributed by atoms with Gasteiger partial charge in [0.05, 0.1) is 6.54 Å². The van der Waals surface area contributed by atoms with Gasteiger partial charge in [-0.1, -0.05) is 19.8 Å². The van der Waals surface area contributed by atoms with Crippen LogP contribution in [0.1, 0.15) is 32.6 Å². The Bertz CT molecular complexity index is 40.2. The predicted molar refractivity (Wildman–Crippen MR) is 37.7 cm³/mol. The van der Waals surface area contributed by atoms with E-state index in [-0.39, 0.29) is 144 Å². The molecule has 3 N–H and O–H groups in total. The SMILES string of the molecule is CCCCCC[NH3+].[I-].[I-].[I-].[I-].[I-].[Sn+4]. The fourth-order valence-corrected chi connectivity index (χ4v) is 0.604. The summed E-state index contributed by atoms with van der Waals surface area (Å²) in [7, 11) is 0. The van der Waals surface area contributed by atoms with Gasteiger partial charge in [0.2, 0.25) is 0 Å². The van der Waals surface area contributed by atoms with Crippen LogP contribution in [0, 0.1) is 0 Å². The fourth-order valence-electron chi connectivity index (χ4n) is 0.604. The minimum Gasteiger partial charge on any atom is -1.00 e. The minimum absolute atomic E-state index is 0. The van der Waals surface area contributed by atoms with Crippen molar-refractivity contribution in [3.8, 4) is 0 Å². The molecule has 84 valence electrons. The van der Waals surface area contributed by atoms with Gasteiger partial charge in [-0.25, -0.2) is 0 Å². The van der Waals surface area contributed by atoms with Crippen molar-refractivity contribution < 1.29 is 126 Å². The van der Waals surface area contributed by atoms with Gasteiger partial charge in [0.1, 0.15) is 0 Å². The predicted octanol–water partition coefficient (Wildman–Crippen LogP) is -14.6. The molecule has 0 aromatic heterocycles. The average Bonchev–Trinajstić information content (AvgIpc) is 1.69. The number of quaternary nitrogens is 1. The van der Waals surface area contributed by atoms with Crippen LogP contribution in [0.5, 0.6) is 0 Å². The summed E-state index contributed by atoms with van der Waals surface area (Å²) in [5.41, 5.74) is 3.76. The van der Waals surface area contributed by atoms with Gasteiger partial charge >= 0.3 is 23.9 Å². The standard InChI is InChI=1S/C6H15N.5HI.Sn/c1-2-3-4-5-6-7;;;;;;/h2-7H2,1H3;5*1H;/q;;;;;;+4/p-4. The number of rotatable bonds is 4. The topological polar surface area (TPSA) is 27.6 Å². The normalized spacial score (nSPS) is 5.08. The van der Waals surface area contributed by atoms with E-state index in [0.717, 1.165) is 6.54 Å².